The van der Waals surface area contributed by atoms with E-state index in [-0.39, 0.29) is 0 Å². The van der Waals surface area contributed by atoms with E-state index in [4.69, 9.17) is 0 Å². The highest BCUT2D eigenvalue weighted by Crippen LogP contribution is 2.17. The molecule has 1 heterocycles. The van der Waals surface area contributed by atoms with E-state index in [9.17, 15) is 0 Å². The molecule has 0 bridgehead atoms. The van der Waals surface area contributed by atoms with Gasteiger partial charge in [0.05, 0.1) is 0 Å². The molecule has 0 aliphatic rings. The minimum atomic E-state index is 0.861. The molecule has 1 rings (SSSR count). The average molecular weight is 216 g/mol. The topological polar surface area (TPSA) is 12.9 Å². The number of nitrogens with zero attached hydrogens (tertiary/aromatic N) is 1. The summed E-state index contributed by atoms with van der Waals surface area (Å²) >= 11 is 4.79. The summed E-state index contributed by atoms with van der Waals surface area (Å²) in [7, 11) is 0. The van der Waals surface area contributed by atoms with Crippen molar-refractivity contribution in [2.75, 3.05) is 0 Å². The molecule has 0 unspecified atom stereocenters. The number of pyridine rings is 1. The van der Waals surface area contributed by atoms with E-state index < -0.39 is 0 Å². The molecule has 0 saturated heterocycles. The zero-order valence-corrected chi connectivity index (χ0v) is 7.65. The Morgan fingerprint density at radius 3 is 3.00 bits per heavy atom. The Balaban J connectivity index is 2.84. The van der Waals surface area contributed by atoms with Gasteiger partial charge in [0.15, 0.2) is 0 Å². The van der Waals surface area contributed by atoms with Crippen molar-refractivity contribution >= 4 is 27.7 Å². The molecule has 0 radical (unpaired) electrons. The first kappa shape index (κ1) is 7.82. The SMILES string of the molecule is C=CSc1cccc(Br)n1. The van der Waals surface area contributed by atoms with Gasteiger partial charge in [-0.1, -0.05) is 24.4 Å². The first-order valence-corrected chi connectivity index (χ1v) is 4.40. The maximum absolute atomic E-state index is 4.17. The number of hydrogen-bond acceptors (Lipinski definition) is 2. The van der Waals surface area contributed by atoms with Gasteiger partial charge in [0, 0.05) is 0 Å². The fourth-order valence-corrected chi connectivity index (χ4v) is 1.48. The minimum absolute atomic E-state index is 0.861. The summed E-state index contributed by atoms with van der Waals surface area (Å²) in [6.07, 6.45) is 0. The second kappa shape index (κ2) is 3.78. The average Bonchev–Trinajstić information content (AvgIpc) is 1.88. The third-order valence-electron chi connectivity index (χ3n) is 0.894. The van der Waals surface area contributed by atoms with Crippen LogP contribution in [-0.4, -0.2) is 4.98 Å². The van der Waals surface area contributed by atoms with Crippen molar-refractivity contribution in [2.24, 2.45) is 0 Å². The largest absolute Gasteiger partial charge is 0.234 e. The summed E-state index contributed by atoms with van der Waals surface area (Å²) in [6.45, 7) is 3.59. The molecular formula is C7H6BrNS. The van der Waals surface area contributed by atoms with Crippen molar-refractivity contribution in [3.05, 3.63) is 34.8 Å². The lowest BCUT2D eigenvalue weighted by Gasteiger charge is -1.93. The molecule has 0 aliphatic heterocycles. The van der Waals surface area contributed by atoms with E-state index in [1.54, 1.807) is 5.41 Å². The van der Waals surface area contributed by atoms with Gasteiger partial charge in [-0.25, -0.2) is 4.98 Å². The quantitative estimate of drug-likeness (QED) is 0.556. The fourth-order valence-electron chi connectivity index (χ4n) is 0.541. The van der Waals surface area contributed by atoms with Crippen molar-refractivity contribution in [3.8, 4) is 0 Å². The summed E-state index contributed by atoms with van der Waals surface area (Å²) < 4.78 is 0.861. The molecule has 1 aromatic rings. The highest BCUT2D eigenvalue weighted by atomic mass is 79.9. The van der Waals surface area contributed by atoms with Crippen LogP contribution in [0.3, 0.4) is 0 Å². The molecule has 52 valence electrons. The normalized spacial score (nSPS) is 9.30. The second-order valence-electron chi connectivity index (χ2n) is 1.58. The van der Waals surface area contributed by atoms with Crippen LogP contribution in [0.25, 0.3) is 0 Å². The number of hydrogen-bond donors (Lipinski definition) is 0. The van der Waals surface area contributed by atoms with E-state index in [1.807, 2.05) is 18.2 Å². The van der Waals surface area contributed by atoms with Gasteiger partial charge >= 0.3 is 0 Å². The summed E-state index contributed by atoms with van der Waals surface area (Å²) in [4.78, 5) is 4.17. The molecular weight excluding hydrogens is 210 g/mol. The first-order chi connectivity index (χ1) is 4.83. The second-order valence-corrected chi connectivity index (χ2v) is 3.38. The number of thioether (sulfide) groups is 1. The molecule has 0 fully saturated rings. The van der Waals surface area contributed by atoms with Crippen LogP contribution in [-0.2, 0) is 0 Å². The highest BCUT2D eigenvalue weighted by Gasteiger charge is 1.90. The van der Waals surface area contributed by atoms with E-state index in [2.05, 4.69) is 27.5 Å². The van der Waals surface area contributed by atoms with Gasteiger partial charge in [-0.15, -0.1) is 0 Å². The van der Waals surface area contributed by atoms with Gasteiger partial charge in [-0.3, -0.25) is 0 Å². The van der Waals surface area contributed by atoms with Gasteiger partial charge < -0.3 is 0 Å². The molecule has 0 aliphatic carbocycles. The maximum Gasteiger partial charge on any atom is 0.107 e. The third-order valence-corrected chi connectivity index (χ3v) is 1.97. The van der Waals surface area contributed by atoms with Gasteiger partial charge in [-0.2, -0.15) is 0 Å². The van der Waals surface area contributed by atoms with E-state index >= 15 is 0 Å². The number of aromatic nitrogens is 1. The van der Waals surface area contributed by atoms with Crippen LogP contribution in [0, 0.1) is 0 Å². The monoisotopic (exact) mass is 215 g/mol. The minimum Gasteiger partial charge on any atom is -0.234 e. The predicted octanol–water partition coefficient (Wildman–Crippen LogP) is 3.08. The lowest BCUT2D eigenvalue weighted by Crippen LogP contribution is -1.76. The smallest absolute Gasteiger partial charge is 0.107 e. The summed E-state index contributed by atoms with van der Waals surface area (Å²) in [6, 6.07) is 5.78. The fraction of sp³-hybridized carbons (Fsp3) is 0. The molecule has 0 saturated carbocycles. The Kier molecular flexibility index (Phi) is 2.96. The van der Waals surface area contributed by atoms with Crippen LogP contribution >= 0.6 is 27.7 Å². The summed E-state index contributed by atoms with van der Waals surface area (Å²) in [5.41, 5.74) is 0. The molecule has 3 heteroatoms. The molecule has 10 heavy (non-hydrogen) atoms. The van der Waals surface area contributed by atoms with Crippen LogP contribution in [0.15, 0.2) is 39.8 Å². The van der Waals surface area contributed by atoms with Crippen molar-refractivity contribution in [1.29, 1.82) is 0 Å². The van der Waals surface area contributed by atoms with Crippen LogP contribution in [0.2, 0.25) is 0 Å². The lowest BCUT2D eigenvalue weighted by molar-refractivity contribution is 1.11. The Hall–Kier alpha value is -0.280. The number of halogens is 1. The van der Waals surface area contributed by atoms with Gasteiger partial charge in [0.1, 0.15) is 9.63 Å². The van der Waals surface area contributed by atoms with E-state index in [0.29, 0.717) is 0 Å². The van der Waals surface area contributed by atoms with Gasteiger partial charge in [-0.05, 0) is 33.5 Å². The molecule has 0 aromatic carbocycles. The van der Waals surface area contributed by atoms with Gasteiger partial charge in [0.2, 0.25) is 0 Å². The van der Waals surface area contributed by atoms with Crippen LogP contribution < -0.4 is 0 Å². The lowest BCUT2D eigenvalue weighted by atomic mass is 10.5. The number of rotatable bonds is 2. The molecule has 0 N–H and O–H groups in total. The standard InChI is InChI=1S/C7H6BrNS/c1-2-10-7-5-3-4-6(8)9-7/h2-5H,1H2. The Bertz CT molecular complexity index is 237. The molecule has 1 aromatic heterocycles. The molecule has 0 atom stereocenters. The molecule has 0 spiro atoms. The van der Waals surface area contributed by atoms with E-state index in [0.717, 1.165) is 9.63 Å². The van der Waals surface area contributed by atoms with Crippen LogP contribution in [0.1, 0.15) is 0 Å². The maximum atomic E-state index is 4.17. The van der Waals surface area contributed by atoms with E-state index in [1.165, 1.54) is 11.8 Å². The van der Waals surface area contributed by atoms with Gasteiger partial charge in [0.25, 0.3) is 0 Å². The van der Waals surface area contributed by atoms with Crippen LogP contribution in [0.5, 0.6) is 0 Å². The molecule has 0 amide bonds. The van der Waals surface area contributed by atoms with Crippen molar-refractivity contribution in [3.63, 3.8) is 0 Å². The summed E-state index contributed by atoms with van der Waals surface area (Å²) in [5.74, 6) is 0. The first-order valence-electron chi connectivity index (χ1n) is 2.73. The Labute approximate surface area is 72.7 Å². The zero-order chi connectivity index (χ0) is 7.40. The Morgan fingerprint density at radius 1 is 1.60 bits per heavy atom. The highest BCUT2D eigenvalue weighted by molar-refractivity contribution is 9.10. The zero-order valence-electron chi connectivity index (χ0n) is 5.25. The van der Waals surface area contributed by atoms with Crippen molar-refractivity contribution in [1.82, 2.24) is 4.98 Å². The summed E-state index contributed by atoms with van der Waals surface area (Å²) in [5, 5.41) is 2.72. The third kappa shape index (κ3) is 2.15. The van der Waals surface area contributed by atoms with Crippen molar-refractivity contribution < 1.29 is 0 Å². The molecule has 1 nitrogen and oxygen atoms in total. The predicted molar refractivity (Wildman–Crippen MR) is 48.0 cm³/mol. The van der Waals surface area contributed by atoms with Crippen LogP contribution in [0.4, 0.5) is 0 Å². The Morgan fingerprint density at radius 2 is 2.40 bits per heavy atom. The van der Waals surface area contributed by atoms with Crippen molar-refractivity contribution in [2.45, 2.75) is 5.03 Å².